The zero-order chi connectivity index (χ0) is 17.4. The second-order valence-electron chi connectivity index (χ2n) is 4.31. The molecule has 0 spiro atoms. The summed E-state index contributed by atoms with van der Waals surface area (Å²) >= 11 is 0. The fourth-order valence-corrected chi connectivity index (χ4v) is 1.63. The lowest BCUT2D eigenvalue weighted by Gasteiger charge is -2.10. The fourth-order valence-electron chi connectivity index (χ4n) is 1.63. The molecule has 23 heavy (non-hydrogen) atoms. The first kappa shape index (κ1) is 18.0. The minimum absolute atomic E-state index is 0.0521. The molecule has 0 aromatic heterocycles. The van der Waals surface area contributed by atoms with E-state index < -0.39 is 23.9 Å². The van der Waals surface area contributed by atoms with Gasteiger partial charge in [-0.05, 0) is 18.2 Å². The molecule has 0 saturated carbocycles. The number of amides is 2. The lowest BCUT2D eigenvalue weighted by molar-refractivity contribution is -0.136. The Morgan fingerprint density at radius 1 is 1.00 bits per heavy atom. The number of ether oxygens (including phenoxy) is 2. The lowest BCUT2D eigenvalue weighted by atomic mass is 10.1. The normalized spacial score (nSPS) is 9.65. The second-order valence-corrected chi connectivity index (χ2v) is 4.31. The molecule has 0 heterocycles. The van der Waals surface area contributed by atoms with Crippen molar-refractivity contribution in [1.29, 1.82) is 0 Å². The number of aliphatic carboxylic acids is 1. The van der Waals surface area contributed by atoms with Crippen LogP contribution in [0.5, 0.6) is 0 Å². The van der Waals surface area contributed by atoms with Crippen molar-refractivity contribution in [2.45, 2.75) is 6.42 Å². The number of carbonyl (C=O) groups excluding carboxylic acids is 3. The molecular formula is C14H16N2O7. The predicted octanol–water partition coefficient (Wildman–Crippen LogP) is 0.856. The van der Waals surface area contributed by atoms with Gasteiger partial charge in [0, 0.05) is 12.2 Å². The van der Waals surface area contributed by atoms with Gasteiger partial charge in [-0.25, -0.2) is 14.4 Å². The fraction of sp³-hybridized carbons (Fsp3) is 0.286. The summed E-state index contributed by atoms with van der Waals surface area (Å²) in [6, 6.07) is 3.22. The standard InChI is InChI=1S/C14H16N2O7/c1-22-12(19)8-5-9(13(20)23-2)7-10(6-8)16-14(21)15-4-3-11(17)18/h5-7H,3-4H2,1-2H3,(H,17,18)(H2,15,16,21). The third kappa shape index (κ3) is 5.65. The summed E-state index contributed by atoms with van der Waals surface area (Å²) in [6.45, 7) is -0.0677. The topological polar surface area (TPSA) is 131 Å². The maximum Gasteiger partial charge on any atom is 0.337 e. The highest BCUT2D eigenvalue weighted by molar-refractivity contribution is 5.99. The van der Waals surface area contributed by atoms with Crippen LogP contribution in [-0.2, 0) is 14.3 Å². The highest BCUT2D eigenvalue weighted by Crippen LogP contribution is 2.17. The summed E-state index contributed by atoms with van der Waals surface area (Å²) in [5, 5.41) is 13.2. The summed E-state index contributed by atoms with van der Waals surface area (Å²) in [5.41, 5.74) is 0.258. The van der Waals surface area contributed by atoms with E-state index in [1.807, 2.05) is 0 Å². The first-order chi connectivity index (χ1) is 10.9. The number of rotatable bonds is 6. The Balaban J connectivity index is 2.91. The molecule has 9 heteroatoms. The average Bonchev–Trinajstić information content (AvgIpc) is 2.52. The van der Waals surface area contributed by atoms with Crippen molar-refractivity contribution < 1.29 is 33.8 Å². The monoisotopic (exact) mass is 324 g/mol. The highest BCUT2D eigenvalue weighted by atomic mass is 16.5. The van der Waals surface area contributed by atoms with Crippen molar-refractivity contribution in [2.75, 3.05) is 26.1 Å². The van der Waals surface area contributed by atoms with Crippen LogP contribution in [0.25, 0.3) is 0 Å². The molecule has 3 N–H and O–H groups in total. The SMILES string of the molecule is COC(=O)c1cc(NC(=O)NCCC(=O)O)cc(C(=O)OC)c1. The maximum atomic E-state index is 11.6. The van der Waals surface area contributed by atoms with Gasteiger partial charge in [-0.15, -0.1) is 0 Å². The Labute approximate surface area is 131 Å². The summed E-state index contributed by atoms with van der Waals surface area (Å²) < 4.78 is 9.14. The van der Waals surface area contributed by atoms with Gasteiger partial charge in [0.05, 0.1) is 31.8 Å². The van der Waals surface area contributed by atoms with Crippen LogP contribution in [0.1, 0.15) is 27.1 Å². The van der Waals surface area contributed by atoms with Crippen LogP contribution in [0.2, 0.25) is 0 Å². The molecule has 0 bridgehead atoms. The van der Waals surface area contributed by atoms with E-state index in [0.717, 1.165) is 0 Å². The van der Waals surface area contributed by atoms with Crippen LogP contribution in [0.3, 0.4) is 0 Å². The molecule has 0 fully saturated rings. The van der Waals surface area contributed by atoms with Gasteiger partial charge in [-0.2, -0.15) is 0 Å². The zero-order valence-electron chi connectivity index (χ0n) is 12.5. The average molecular weight is 324 g/mol. The van der Waals surface area contributed by atoms with E-state index in [0.29, 0.717) is 0 Å². The molecule has 1 rings (SSSR count). The summed E-state index contributed by atoms with van der Waals surface area (Å²) in [5.74, 6) is -2.43. The number of esters is 2. The Morgan fingerprint density at radius 2 is 1.52 bits per heavy atom. The van der Waals surface area contributed by atoms with E-state index in [4.69, 9.17) is 5.11 Å². The number of nitrogens with one attached hydrogen (secondary N) is 2. The van der Waals surface area contributed by atoms with Crippen molar-refractivity contribution in [3.8, 4) is 0 Å². The van der Waals surface area contributed by atoms with Crippen molar-refractivity contribution in [2.24, 2.45) is 0 Å². The number of benzene rings is 1. The van der Waals surface area contributed by atoms with E-state index in [2.05, 4.69) is 20.1 Å². The lowest BCUT2D eigenvalue weighted by Crippen LogP contribution is -2.30. The van der Waals surface area contributed by atoms with E-state index in [1.165, 1.54) is 32.4 Å². The molecule has 0 saturated heterocycles. The molecule has 124 valence electrons. The molecule has 0 aliphatic carbocycles. The van der Waals surface area contributed by atoms with E-state index in [9.17, 15) is 19.2 Å². The number of carboxylic acid groups (broad SMARTS) is 1. The Kier molecular flexibility index (Phi) is 6.53. The second kappa shape index (κ2) is 8.37. The number of hydrogen-bond acceptors (Lipinski definition) is 6. The molecule has 0 radical (unpaired) electrons. The van der Waals surface area contributed by atoms with Crippen LogP contribution in [-0.4, -0.2) is 49.8 Å². The molecular weight excluding hydrogens is 308 g/mol. The number of carboxylic acids is 1. The van der Waals surface area contributed by atoms with E-state index >= 15 is 0 Å². The number of carbonyl (C=O) groups is 4. The van der Waals surface area contributed by atoms with Crippen molar-refractivity contribution in [1.82, 2.24) is 5.32 Å². The maximum absolute atomic E-state index is 11.6. The van der Waals surface area contributed by atoms with E-state index in [1.54, 1.807) is 0 Å². The van der Waals surface area contributed by atoms with Gasteiger partial charge in [-0.3, -0.25) is 4.79 Å². The molecule has 0 aliphatic rings. The van der Waals surface area contributed by atoms with Gasteiger partial charge in [0.25, 0.3) is 0 Å². The Hall–Kier alpha value is -3.10. The van der Waals surface area contributed by atoms with Crippen molar-refractivity contribution in [3.05, 3.63) is 29.3 Å². The summed E-state index contributed by atoms with van der Waals surface area (Å²) in [6.07, 6.45) is -0.233. The molecule has 1 aromatic carbocycles. The van der Waals surface area contributed by atoms with Gasteiger partial charge >= 0.3 is 23.9 Å². The molecule has 1 aromatic rings. The molecule has 0 atom stereocenters. The minimum Gasteiger partial charge on any atom is -0.481 e. The summed E-state index contributed by atoms with van der Waals surface area (Å²) in [7, 11) is 2.36. The predicted molar refractivity (Wildman–Crippen MR) is 78.4 cm³/mol. The van der Waals surface area contributed by atoms with Gasteiger partial charge < -0.3 is 25.2 Å². The Bertz CT molecular complexity index is 593. The number of anilines is 1. The number of hydrogen-bond donors (Lipinski definition) is 3. The van der Waals surface area contributed by atoms with Gasteiger partial charge in [0.15, 0.2) is 0 Å². The van der Waals surface area contributed by atoms with E-state index in [-0.39, 0.29) is 29.8 Å². The third-order valence-corrected chi connectivity index (χ3v) is 2.66. The summed E-state index contributed by atoms with van der Waals surface area (Å²) in [4.78, 5) is 45.2. The largest absolute Gasteiger partial charge is 0.481 e. The van der Waals surface area contributed by atoms with Crippen molar-refractivity contribution in [3.63, 3.8) is 0 Å². The molecule has 0 unspecified atom stereocenters. The Morgan fingerprint density at radius 3 is 1.96 bits per heavy atom. The number of urea groups is 1. The number of methoxy groups -OCH3 is 2. The van der Waals surface area contributed by atoms with Crippen LogP contribution in [0.15, 0.2) is 18.2 Å². The quantitative estimate of drug-likeness (QED) is 0.661. The minimum atomic E-state index is -1.05. The smallest absolute Gasteiger partial charge is 0.337 e. The first-order valence-electron chi connectivity index (χ1n) is 6.45. The van der Waals surface area contributed by atoms with Crippen molar-refractivity contribution >= 4 is 29.6 Å². The van der Waals surface area contributed by atoms with Gasteiger partial charge in [0.1, 0.15) is 0 Å². The first-order valence-corrected chi connectivity index (χ1v) is 6.45. The van der Waals surface area contributed by atoms with Crippen LogP contribution >= 0.6 is 0 Å². The van der Waals surface area contributed by atoms with Gasteiger partial charge in [0.2, 0.25) is 0 Å². The van der Waals surface area contributed by atoms with Crippen LogP contribution in [0.4, 0.5) is 10.5 Å². The highest BCUT2D eigenvalue weighted by Gasteiger charge is 2.15. The third-order valence-electron chi connectivity index (χ3n) is 2.66. The zero-order valence-corrected chi connectivity index (χ0v) is 12.5. The molecule has 0 aliphatic heterocycles. The van der Waals surface area contributed by atoms with Gasteiger partial charge in [-0.1, -0.05) is 0 Å². The molecule has 2 amide bonds. The van der Waals surface area contributed by atoms with Crippen LogP contribution < -0.4 is 10.6 Å². The van der Waals surface area contributed by atoms with Crippen LogP contribution in [0, 0.1) is 0 Å². The molecule has 9 nitrogen and oxygen atoms in total.